The number of nitrogens with zero attached hydrogens (tertiary/aromatic N) is 3. The summed E-state index contributed by atoms with van der Waals surface area (Å²) in [5.74, 6) is 0.547. The molecule has 8 nitrogen and oxygen atoms in total. The van der Waals surface area contributed by atoms with E-state index in [1.54, 1.807) is 12.1 Å². The molecule has 1 aliphatic heterocycles. The molecule has 9 heteroatoms. The van der Waals surface area contributed by atoms with E-state index >= 15 is 0 Å². The molecular weight excluding hydrogens is 633 g/mol. The Labute approximate surface area is 292 Å². The van der Waals surface area contributed by atoms with Crippen LogP contribution in [0.15, 0.2) is 95.9 Å². The molecule has 1 heterocycles. The highest BCUT2D eigenvalue weighted by atomic mass is 32.2. The van der Waals surface area contributed by atoms with Crippen molar-refractivity contribution in [2.24, 2.45) is 0 Å². The molecule has 4 aromatic carbocycles. The Bertz CT molecular complexity index is 1820. The summed E-state index contributed by atoms with van der Waals surface area (Å²) in [6.45, 7) is 13.0. The van der Waals surface area contributed by atoms with Gasteiger partial charge in [-0.2, -0.15) is 0 Å². The molecule has 0 aromatic heterocycles. The summed E-state index contributed by atoms with van der Waals surface area (Å²) in [4.78, 5) is 18.5. The van der Waals surface area contributed by atoms with Gasteiger partial charge in [-0.1, -0.05) is 48.9 Å². The summed E-state index contributed by atoms with van der Waals surface area (Å²) >= 11 is 0. The van der Waals surface area contributed by atoms with Crippen LogP contribution in [0.5, 0.6) is 5.75 Å². The van der Waals surface area contributed by atoms with Crippen molar-refractivity contribution in [1.82, 2.24) is 4.90 Å². The van der Waals surface area contributed by atoms with Gasteiger partial charge in [0.2, 0.25) is 0 Å². The third kappa shape index (κ3) is 8.46. The van der Waals surface area contributed by atoms with Gasteiger partial charge in [0.15, 0.2) is 0 Å². The van der Waals surface area contributed by atoms with Crippen molar-refractivity contribution in [3.8, 4) is 16.9 Å². The number of carbonyl (C=O) groups is 1. The third-order valence-electron chi connectivity index (χ3n) is 8.88. The van der Waals surface area contributed by atoms with E-state index in [2.05, 4.69) is 31.1 Å². The summed E-state index contributed by atoms with van der Waals surface area (Å²) in [5.41, 5.74) is 5.66. The Morgan fingerprint density at radius 1 is 0.980 bits per heavy atom. The molecule has 0 aliphatic carbocycles. The highest BCUT2D eigenvalue weighted by Crippen LogP contribution is 2.36. The van der Waals surface area contributed by atoms with Crippen LogP contribution < -0.4 is 19.3 Å². The third-order valence-corrected chi connectivity index (χ3v) is 10.9. The van der Waals surface area contributed by atoms with Crippen molar-refractivity contribution in [2.75, 3.05) is 47.8 Å². The monoisotopic (exact) mass is 682 g/mol. The number of hydrogen-bond acceptors (Lipinski definition) is 6. The predicted octanol–water partition coefficient (Wildman–Crippen LogP) is 8.23. The number of para-hydroxylation sites is 2. The zero-order chi connectivity index (χ0) is 35.1. The second kappa shape index (κ2) is 15.9. The van der Waals surface area contributed by atoms with Gasteiger partial charge in [-0.3, -0.25) is 9.10 Å². The molecule has 0 saturated heterocycles. The molecule has 0 radical (unpaired) electrons. The van der Waals surface area contributed by atoms with Gasteiger partial charge >= 0.3 is 0 Å². The van der Waals surface area contributed by atoms with Crippen LogP contribution in [0.2, 0.25) is 0 Å². The molecule has 0 saturated carbocycles. The number of sulfonamides is 1. The van der Waals surface area contributed by atoms with Crippen molar-refractivity contribution >= 4 is 33.0 Å². The lowest BCUT2D eigenvalue weighted by molar-refractivity contribution is 0.0986. The van der Waals surface area contributed by atoms with Gasteiger partial charge < -0.3 is 19.9 Å². The van der Waals surface area contributed by atoms with E-state index in [-0.39, 0.29) is 22.9 Å². The highest BCUT2D eigenvalue weighted by molar-refractivity contribution is 7.92. The summed E-state index contributed by atoms with van der Waals surface area (Å²) in [6.07, 6.45) is 2.76. The molecule has 0 fully saturated rings. The van der Waals surface area contributed by atoms with E-state index in [1.807, 2.05) is 105 Å². The number of fused-ring (bicyclic) bond motifs is 1. The average molecular weight is 683 g/mol. The van der Waals surface area contributed by atoms with Crippen molar-refractivity contribution in [3.05, 3.63) is 102 Å². The first kappa shape index (κ1) is 36.0. The molecule has 1 N–H and O–H groups in total. The van der Waals surface area contributed by atoms with Crippen LogP contribution in [0.3, 0.4) is 0 Å². The van der Waals surface area contributed by atoms with Crippen LogP contribution in [0.1, 0.15) is 62.9 Å². The van der Waals surface area contributed by atoms with Gasteiger partial charge in [0, 0.05) is 36.3 Å². The van der Waals surface area contributed by atoms with Crippen LogP contribution in [0, 0.1) is 6.92 Å². The lowest BCUT2D eigenvalue weighted by atomic mass is 10.0. The maximum absolute atomic E-state index is 14.1. The van der Waals surface area contributed by atoms with Crippen molar-refractivity contribution in [1.29, 1.82) is 0 Å². The molecule has 5 rings (SSSR count). The molecule has 0 spiro atoms. The summed E-state index contributed by atoms with van der Waals surface area (Å²) in [6, 6.07) is 28.0. The number of carbonyl (C=O) groups excluding carboxylic acids is 1. The van der Waals surface area contributed by atoms with Crippen LogP contribution >= 0.6 is 0 Å². The van der Waals surface area contributed by atoms with Gasteiger partial charge in [-0.25, -0.2) is 8.42 Å². The van der Waals surface area contributed by atoms with E-state index in [0.717, 1.165) is 60.4 Å². The fourth-order valence-corrected chi connectivity index (χ4v) is 7.99. The Kier molecular flexibility index (Phi) is 11.7. The summed E-state index contributed by atoms with van der Waals surface area (Å²) in [7, 11) is -1.66. The van der Waals surface area contributed by atoms with Crippen LogP contribution in [-0.4, -0.2) is 64.6 Å². The molecule has 49 heavy (non-hydrogen) atoms. The maximum atomic E-state index is 14.1. The van der Waals surface area contributed by atoms with Gasteiger partial charge in [-0.15, -0.1) is 0 Å². The minimum Gasteiger partial charge on any atom is -0.493 e. The Balaban J connectivity index is 1.46. The predicted molar refractivity (Wildman–Crippen MR) is 202 cm³/mol. The van der Waals surface area contributed by atoms with Crippen molar-refractivity contribution in [2.45, 2.75) is 70.9 Å². The quantitative estimate of drug-likeness (QED) is 0.143. The smallest absolute Gasteiger partial charge is 0.264 e. The lowest BCUT2D eigenvalue weighted by Gasteiger charge is -2.28. The van der Waals surface area contributed by atoms with Crippen LogP contribution in [0.4, 0.5) is 17.1 Å². The number of aryl methyl sites for hydroxylation is 1. The molecule has 1 aliphatic rings. The SMILES string of the molecule is CCCN(C)CCCOc1cc(C(=O)N2CC[C@H](C)Nc3ccccc32)ccc1-c1ccc(N(C(C)C)S(=O)(=O)c2ccc(C)cc2)cc1. The molecule has 260 valence electrons. The molecule has 0 unspecified atom stereocenters. The molecule has 4 aromatic rings. The molecule has 1 atom stereocenters. The first-order valence-electron chi connectivity index (χ1n) is 17.3. The van der Waals surface area contributed by atoms with Gasteiger partial charge in [0.25, 0.3) is 15.9 Å². The maximum Gasteiger partial charge on any atom is 0.264 e. The fraction of sp³-hybridized carbons (Fsp3) is 0.375. The summed E-state index contributed by atoms with van der Waals surface area (Å²) in [5, 5.41) is 3.53. The van der Waals surface area contributed by atoms with E-state index in [4.69, 9.17) is 4.74 Å². The topological polar surface area (TPSA) is 82.2 Å². The number of nitrogens with one attached hydrogen (secondary N) is 1. The van der Waals surface area contributed by atoms with Crippen molar-refractivity contribution < 1.29 is 17.9 Å². The van der Waals surface area contributed by atoms with Gasteiger partial charge in [-0.05, 0) is 121 Å². The first-order chi connectivity index (χ1) is 23.5. The van der Waals surface area contributed by atoms with E-state index in [9.17, 15) is 13.2 Å². The van der Waals surface area contributed by atoms with Gasteiger partial charge in [0.1, 0.15) is 5.75 Å². The largest absolute Gasteiger partial charge is 0.493 e. The molecular formula is C40H50N4O4S. The highest BCUT2D eigenvalue weighted by Gasteiger charge is 2.28. The standard InChI is InChI=1S/C40H50N4O4S/c1-7-24-42(6)25-10-27-48-39-28-33(40(45)43-26-23-31(5)41-37-11-8-9-12-38(37)43)17-22-36(39)32-15-18-34(19-16-32)44(29(2)3)49(46,47)35-20-13-30(4)14-21-35/h8-9,11-22,28-29,31,41H,7,10,23-27H2,1-6H3/t31-/m0/s1. The molecule has 0 bridgehead atoms. The Morgan fingerprint density at radius 3 is 2.39 bits per heavy atom. The average Bonchev–Trinajstić information content (AvgIpc) is 3.25. The summed E-state index contributed by atoms with van der Waals surface area (Å²) < 4.78 is 35.4. The Morgan fingerprint density at radius 2 is 1.69 bits per heavy atom. The molecule has 1 amide bonds. The lowest BCUT2D eigenvalue weighted by Crippen LogP contribution is -2.37. The Hall–Kier alpha value is -4.34. The van der Waals surface area contributed by atoms with E-state index in [0.29, 0.717) is 30.2 Å². The number of benzene rings is 4. The van der Waals surface area contributed by atoms with Crippen LogP contribution in [-0.2, 0) is 10.0 Å². The normalized spacial score (nSPS) is 14.7. The number of hydrogen-bond donors (Lipinski definition) is 1. The van der Waals surface area contributed by atoms with Crippen LogP contribution in [0.25, 0.3) is 11.1 Å². The second-order valence-corrected chi connectivity index (χ2v) is 15.1. The first-order valence-corrected chi connectivity index (χ1v) is 18.8. The zero-order valence-corrected chi connectivity index (χ0v) is 30.5. The second-order valence-electron chi connectivity index (χ2n) is 13.3. The van der Waals surface area contributed by atoms with Gasteiger partial charge in [0.05, 0.1) is 28.6 Å². The van der Waals surface area contributed by atoms with E-state index < -0.39 is 10.0 Å². The van der Waals surface area contributed by atoms with E-state index in [1.165, 1.54) is 4.31 Å². The number of rotatable bonds is 13. The fourth-order valence-electron chi connectivity index (χ4n) is 6.33. The minimum atomic E-state index is -3.78. The zero-order valence-electron chi connectivity index (χ0n) is 29.6. The number of ether oxygens (including phenoxy) is 1. The number of anilines is 3. The minimum absolute atomic E-state index is 0.0772. The number of amides is 1. The van der Waals surface area contributed by atoms with Crippen molar-refractivity contribution in [3.63, 3.8) is 0 Å².